The fourth-order valence-corrected chi connectivity index (χ4v) is 3.69. The van der Waals surface area contributed by atoms with Crippen molar-refractivity contribution in [2.24, 2.45) is 5.73 Å². The van der Waals surface area contributed by atoms with Gasteiger partial charge in [0.2, 0.25) is 0 Å². The van der Waals surface area contributed by atoms with Gasteiger partial charge in [0.15, 0.2) is 0 Å². The molecule has 0 fully saturated rings. The average molecular weight is 467 g/mol. The molecule has 0 spiro atoms. The lowest BCUT2D eigenvalue weighted by molar-refractivity contribution is 0.471. The highest BCUT2D eigenvalue weighted by atomic mass is 79.9. The van der Waals surface area contributed by atoms with Gasteiger partial charge in [0, 0.05) is 15.8 Å². The van der Waals surface area contributed by atoms with Crippen molar-refractivity contribution in [3.05, 3.63) is 56.0 Å². The Morgan fingerprint density at radius 1 is 1.36 bits per heavy atom. The minimum atomic E-state index is 0.163. The average Bonchev–Trinajstić information content (AvgIpc) is 2.97. The molecule has 0 atom stereocenters. The van der Waals surface area contributed by atoms with E-state index >= 15 is 0 Å². The van der Waals surface area contributed by atoms with Crippen molar-refractivity contribution in [2.45, 2.75) is 34.1 Å². The zero-order valence-electron chi connectivity index (χ0n) is 17.1. The molecule has 4 nitrogen and oxygen atoms in total. The summed E-state index contributed by atoms with van der Waals surface area (Å²) in [7, 11) is 1.50. The molecule has 0 bridgehead atoms. The zero-order valence-corrected chi connectivity index (χ0v) is 19.4. The Bertz CT molecular complexity index is 1020. The first-order valence-corrected chi connectivity index (χ1v) is 10.2. The number of halogens is 2. The van der Waals surface area contributed by atoms with E-state index in [0.717, 1.165) is 39.4 Å². The van der Waals surface area contributed by atoms with Crippen LogP contribution in [0.25, 0.3) is 23.4 Å². The molecule has 0 radical (unpaired) electrons. The molecule has 152 valence electrons. The number of hydrogen-bond donors (Lipinski definition) is 3. The number of allylic oxidation sites excluding steroid dienone is 2. The maximum atomic E-state index is 10.2. The number of hydrogen-bond acceptors (Lipinski definition) is 3. The van der Waals surface area contributed by atoms with Gasteiger partial charge in [-0.05, 0) is 73.4 Å². The molecule has 6 heteroatoms. The van der Waals surface area contributed by atoms with Crippen LogP contribution in [0.1, 0.15) is 38.3 Å². The first kappa shape index (κ1) is 24.1. The van der Waals surface area contributed by atoms with E-state index in [0.29, 0.717) is 15.3 Å². The first-order valence-electron chi connectivity index (χ1n) is 9.00. The molecular formula is C22H29BrClN3O. The van der Waals surface area contributed by atoms with Crippen molar-refractivity contribution in [1.29, 1.82) is 0 Å². The molecule has 0 amide bonds. The summed E-state index contributed by atoms with van der Waals surface area (Å²) >= 11 is 9.82. The van der Waals surface area contributed by atoms with Crippen LogP contribution in [0.5, 0.6) is 5.75 Å². The molecule has 2 aromatic rings. The fraction of sp³-hybridized carbons (Fsp3) is 0.273. The first-order chi connectivity index (χ1) is 13.3. The Morgan fingerprint density at radius 2 is 1.96 bits per heavy atom. The number of nitrogen functional groups attached to an aromatic ring is 1. The predicted molar refractivity (Wildman–Crippen MR) is 127 cm³/mol. The maximum Gasteiger partial charge on any atom is 0.131 e. The number of aryl methyl sites for hydroxylation is 1. The van der Waals surface area contributed by atoms with Gasteiger partial charge in [0.25, 0.3) is 0 Å². The summed E-state index contributed by atoms with van der Waals surface area (Å²) in [4.78, 5) is 0. The summed E-state index contributed by atoms with van der Waals surface area (Å²) in [6.07, 6.45) is 6.34. The summed E-state index contributed by atoms with van der Waals surface area (Å²) in [6, 6.07) is 3.53. The number of phenolic OH excluding ortho intramolecular Hbond substituents is 1. The van der Waals surface area contributed by atoms with E-state index in [9.17, 15) is 5.11 Å². The molecule has 1 heterocycles. The molecule has 28 heavy (non-hydrogen) atoms. The van der Waals surface area contributed by atoms with Crippen molar-refractivity contribution in [1.82, 2.24) is 4.57 Å². The van der Waals surface area contributed by atoms with Crippen molar-refractivity contribution in [3.63, 3.8) is 0 Å². The minimum Gasteiger partial charge on any atom is -0.507 e. The van der Waals surface area contributed by atoms with E-state index in [2.05, 4.69) is 42.1 Å². The minimum absolute atomic E-state index is 0.163. The summed E-state index contributed by atoms with van der Waals surface area (Å²) in [5.41, 5.74) is 14.8. The third-order valence-corrected chi connectivity index (χ3v) is 5.61. The summed E-state index contributed by atoms with van der Waals surface area (Å²) in [5, 5.41) is 12.7. The monoisotopic (exact) mass is 465 g/mol. The third-order valence-electron chi connectivity index (χ3n) is 4.50. The van der Waals surface area contributed by atoms with Crippen LogP contribution in [0.3, 0.4) is 0 Å². The second-order valence-electron chi connectivity index (χ2n) is 6.12. The lowest BCUT2D eigenvalue weighted by Crippen LogP contribution is -2.32. The smallest absolute Gasteiger partial charge is 0.131 e. The van der Waals surface area contributed by atoms with Crippen molar-refractivity contribution < 1.29 is 5.11 Å². The Hall–Kier alpha value is -1.95. The van der Waals surface area contributed by atoms with Gasteiger partial charge in [-0.3, -0.25) is 4.57 Å². The summed E-state index contributed by atoms with van der Waals surface area (Å²) in [6.45, 7) is 12.0. The number of rotatable bonds is 4. The highest BCUT2D eigenvalue weighted by Crippen LogP contribution is 2.34. The van der Waals surface area contributed by atoms with Gasteiger partial charge >= 0.3 is 0 Å². The Labute approximate surface area is 180 Å². The van der Waals surface area contributed by atoms with Gasteiger partial charge in [-0.25, -0.2) is 0 Å². The Morgan fingerprint density at radius 3 is 2.46 bits per heavy atom. The number of benzene rings is 1. The standard InChI is InChI=1S/C21H24BrClN2O.CH5N/c1-6-12(4)19-16(11-14(23)7-2)15(8-3)21(24)25(19)20-13(5)9-10-17(26)18(20)22;1-2/h7-11,26H,3,6,24H2,1-2,4-5H3;2H2,1H3/b14-7+,16-11-,19-12?;. The second kappa shape index (κ2) is 10.6. The van der Waals surface area contributed by atoms with Crippen molar-refractivity contribution >= 4 is 51.1 Å². The number of phenols is 1. The van der Waals surface area contributed by atoms with E-state index in [-0.39, 0.29) is 5.75 Å². The molecule has 0 unspecified atom stereocenters. The Balaban J connectivity index is 0.00000190. The number of nitrogens with zero attached hydrogens (tertiary/aromatic N) is 1. The molecule has 1 aromatic heterocycles. The topological polar surface area (TPSA) is 77.2 Å². The van der Waals surface area contributed by atoms with Crippen molar-refractivity contribution in [2.75, 3.05) is 12.8 Å². The van der Waals surface area contributed by atoms with Crippen LogP contribution in [0.15, 0.2) is 34.3 Å². The van der Waals surface area contributed by atoms with E-state index < -0.39 is 0 Å². The number of anilines is 1. The van der Waals surface area contributed by atoms with Crippen LogP contribution < -0.4 is 22.0 Å². The molecule has 0 aliphatic rings. The van der Waals surface area contributed by atoms with Gasteiger partial charge in [-0.2, -0.15) is 0 Å². The van der Waals surface area contributed by atoms with Crippen LogP contribution in [-0.2, 0) is 0 Å². The normalized spacial score (nSPS) is 13.1. The maximum absolute atomic E-state index is 10.2. The quantitative estimate of drug-likeness (QED) is 0.618. The van der Waals surface area contributed by atoms with Crippen LogP contribution in [-0.4, -0.2) is 16.7 Å². The van der Waals surface area contributed by atoms with E-state index in [1.165, 1.54) is 7.05 Å². The predicted octanol–water partition coefficient (Wildman–Crippen LogP) is 4.56. The van der Waals surface area contributed by atoms with Gasteiger partial charge in [-0.15, -0.1) is 0 Å². The van der Waals surface area contributed by atoms with E-state index in [4.69, 9.17) is 17.3 Å². The van der Waals surface area contributed by atoms with E-state index in [1.54, 1.807) is 12.1 Å². The zero-order chi connectivity index (χ0) is 21.6. The number of aromatic hydroxyl groups is 1. The van der Waals surface area contributed by atoms with Crippen LogP contribution in [0, 0.1) is 6.92 Å². The van der Waals surface area contributed by atoms with Crippen molar-refractivity contribution in [3.8, 4) is 11.4 Å². The highest BCUT2D eigenvalue weighted by molar-refractivity contribution is 9.10. The van der Waals surface area contributed by atoms with Gasteiger partial charge in [0.05, 0.1) is 15.5 Å². The van der Waals surface area contributed by atoms with Crippen LogP contribution in [0.4, 0.5) is 5.82 Å². The summed E-state index contributed by atoms with van der Waals surface area (Å²) < 4.78 is 2.57. The largest absolute Gasteiger partial charge is 0.507 e. The fourth-order valence-electron chi connectivity index (χ4n) is 2.95. The molecule has 0 aliphatic carbocycles. The van der Waals surface area contributed by atoms with E-state index in [1.807, 2.05) is 36.6 Å². The third kappa shape index (κ3) is 4.54. The molecule has 0 aliphatic heterocycles. The second-order valence-corrected chi connectivity index (χ2v) is 7.35. The molecule has 5 N–H and O–H groups in total. The molecule has 0 saturated carbocycles. The van der Waals surface area contributed by atoms with Crippen LogP contribution in [0.2, 0.25) is 0 Å². The highest BCUT2D eigenvalue weighted by Gasteiger charge is 2.18. The van der Waals surface area contributed by atoms with Crippen LogP contribution >= 0.6 is 27.5 Å². The Kier molecular flexibility index (Phi) is 9.08. The summed E-state index contributed by atoms with van der Waals surface area (Å²) in [5.74, 6) is 0.722. The molecule has 0 saturated heterocycles. The number of aromatic nitrogens is 1. The van der Waals surface area contributed by atoms with Gasteiger partial charge in [-0.1, -0.05) is 43.3 Å². The molecular weight excluding hydrogens is 438 g/mol. The SMILES string of the molecule is C=Cc1c(N)n(-c2c(C)ccc(O)c2Br)c(=C(C)CC)/c1=C\C(Cl)=C/C.CN. The molecule has 1 aromatic carbocycles. The molecule has 2 rings (SSSR count). The number of nitrogens with two attached hydrogens (primary N) is 2. The lowest BCUT2D eigenvalue weighted by Gasteiger charge is -2.15. The van der Waals surface area contributed by atoms with Gasteiger partial charge in [0.1, 0.15) is 11.6 Å². The van der Waals surface area contributed by atoms with Gasteiger partial charge < -0.3 is 16.6 Å². The lowest BCUT2D eigenvalue weighted by atomic mass is 10.1.